The highest BCUT2D eigenvalue weighted by molar-refractivity contribution is 6.03. The van der Waals surface area contributed by atoms with Crippen molar-refractivity contribution in [3.8, 4) is 11.4 Å². The highest BCUT2D eigenvalue weighted by atomic mass is 19.4. The molecule has 0 aliphatic carbocycles. The molecule has 1 N–H and O–H groups in total. The topological polar surface area (TPSA) is 69.0 Å². The number of ether oxygens (including phenoxy) is 1. The van der Waals surface area contributed by atoms with Crippen molar-refractivity contribution in [1.29, 1.82) is 0 Å². The minimum atomic E-state index is -5.05. The lowest BCUT2D eigenvalue weighted by Gasteiger charge is -2.12. The molecule has 158 valence electrons. The van der Waals surface area contributed by atoms with Crippen LogP contribution >= 0.6 is 0 Å². The molecule has 0 aliphatic rings. The highest BCUT2D eigenvalue weighted by Crippen LogP contribution is 2.33. The summed E-state index contributed by atoms with van der Waals surface area (Å²) in [5.41, 5.74) is -2.89. The van der Waals surface area contributed by atoms with E-state index < -0.39 is 41.4 Å². The number of hydrogen-bond donors (Lipinski definition) is 1. The Kier molecular flexibility index (Phi) is 5.37. The fourth-order valence-corrected chi connectivity index (χ4v) is 2.38. The molecule has 0 unspecified atom stereocenters. The van der Waals surface area contributed by atoms with Gasteiger partial charge in [-0.3, -0.25) is 4.79 Å². The number of nitrogens with one attached hydrogen (secondary N) is 1. The summed E-state index contributed by atoms with van der Waals surface area (Å²) in [6.45, 7) is 0. The third-order valence-corrected chi connectivity index (χ3v) is 3.57. The zero-order valence-electron chi connectivity index (χ0n) is 14.4. The summed E-state index contributed by atoms with van der Waals surface area (Å²) >= 11 is 0. The van der Waals surface area contributed by atoms with Crippen LogP contribution in [-0.4, -0.2) is 27.3 Å². The molecule has 0 spiro atoms. The van der Waals surface area contributed by atoms with E-state index in [0.717, 1.165) is 48.5 Å². The van der Waals surface area contributed by atoms with Gasteiger partial charge in [0.05, 0.1) is 5.69 Å². The first-order valence-corrected chi connectivity index (χ1v) is 7.90. The number of carbonyl (C=O) groups is 1. The average Bonchev–Trinajstić information content (AvgIpc) is 3.08. The van der Waals surface area contributed by atoms with Crippen LogP contribution in [0.1, 0.15) is 16.2 Å². The Hall–Kier alpha value is -3.64. The lowest BCUT2D eigenvalue weighted by atomic mass is 10.2. The van der Waals surface area contributed by atoms with Gasteiger partial charge in [-0.05, 0) is 48.5 Å². The predicted molar refractivity (Wildman–Crippen MR) is 87.4 cm³/mol. The molecule has 0 radical (unpaired) electrons. The summed E-state index contributed by atoms with van der Waals surface area (Å²) in [4.78, 5) is 12.3. The number of amides is 1. The summed E-state index contributed by atoms with van der Waals surface area (Å²) in [5, 5.41) is 8.66. The zero-order chi connectivity index (χ0) is 22.1. The second-order valence-corrected chi connectivity index (χ2v) is 5.70. The molecular formula is C17H9F7N4O2. The van der Waals surface area contributed by atoms with Gasteiger partial charge in [-0.2, -0.15) is 13.2 Å². The van der Waals surface area contributed by atoms with Crippen molar-refractivity contribution in [2.75, 3.05) is 5.32 Å². The number of rotatable bonds is 4. The molecule has 6 nitrogen and oxygen atoms in total. The van der Waals surface area contributed by atoms with E-state index in [1.54, 1.807) is 0 Å². The summed E-state index contributed by atoms with van der Waals surface area (Å²) < 4.78 is 94.1. The molecule has 1 amide bonds. The Morgan fingerprint density at radius 3 is 2.07 bits per heavy atom. The lowest BCUT2D eigenvalue weighted by molar-refractivity contribution is -0.274. The van der Waals surface area contributed by atoms with E-state index in [0.29, 0.717) is 4.68 Å². The maximum atomic E-state index is 13.5. The predicted octanol–water partition coefficient (Wildman–Crippen LogP) is 4.58. The molecule has 1 aromatic heterocycles. The van der Waals surface area contributed by atoms with Crippen molar-refractivity contribution in [1.82, 2.24) is 15.0 Å². The van der Waals surface area contributed by atoms with Crippen LogP contribution in [0.3, 0.4) is 0 Å². The summed E-state index contributed by atoms with van der Waals surface area (Å²) in [7, 11) is 0. The second kappa shape index (κ2) is 7.65. The van der Waals surface area contributed by atoms with Crippen LogP contribution < -0.4 is 10.1 Å². The zero-order valence-corrected chi connectivity index (χ0v) is 14.4. The average molecular weight is 434 g/mol. The van der Waals surface area contributed by atoms with Crippen molar-refractivity contribution in [2.24, 2.45) is 0 Å². The lowest BCUT2D eigenvalue weighted by Crippen LogP contribution is -2.21. The van der Waals surface area contributed by atoms with Crippen LogP contribution in [0, 0.1) is 5.82 Å². The minimum Gasteiger partial charge on any atom is -0.406 e. The third kappa shape index (κ3) is 4.85. The van der Waals surface area contributed by atoms with E-state index in [9.17, 15) is 35.5 Å². The van der Waals surface area contributed by atoms with Crippen LogP contribution in [-0.2, 0) is 6.18 Å². The van der Waals surface area contributed by atoms with Crippen LogP contribution in [0.2, 0.25) is 0 Å². The van der Waals surface area contributed by atoms with Gasteiger partial charge in [0.25, 0.3) is 5.91 Å². The molecule has 0 bridgehead atoms. The number of hydrogen-bond acceptors (Lipinski definition) is 4. The number of halogens is 7. The highest BCUT2D eigenvalue weighted by Gasteiger charge is 2.42. The van der Waals surface area contributed by atoms with Gasteiger partial charge in [0.2, 0.25) is 0 Å². The van der Waals surface area contributed by atoms with Gasteiger partial charge in [-0.25, -0.2) is 9.07 Å². The van der Waals surface area contributed by atoms with E-state index in [1.165, 1.54) is 0 Å². The molecule has 0 atom stereocenters. The minimum absolute atomic E-state index is 0.112. The van der Waals surface area contributed by atoms with Gasteiger partial charge in [-0.1, -0.05) is 5.21 Å². The number of anilines is 1. The summed E-state index contributed by atoms with van der Waals surface area (Å²) in [6.07, 6.45) is -9.97. The Balaban J connectivity index is 1.88. The molecule has 3 rings (SSSR count). The van der Waals surface area contributed by atoms with Crippen molar-refractivity contribution in [3.63, 3.8) is 0 Å². The number of carbonyl (C=O) groups excluding carboxylic acids is 1. The van der Waals surface area contributed by atoms with E-state index >= 15 is 0 Å². The van der Waals surface area contributed by atoms with E-state index in [-0.39, 0.29) is 11.4 Å². The van der Waals surface area contributed by atoms with Gasteiger partial charge in [0.1, 0.15) is 11.6 Å². The second-order valence-electron chi connectivity index (χ2n) is 5.70. The fraction of sp³-hybridized carbons (Fsp3) is 0.118. The Bertz CT molecular complexity index is 1040. The molecule has 13 heteroatoms. The molecule has 0 saturated heterocycles. The fourth-order valence-electron chi connectivity index (χ4n) is 2.38. The van der Waals surface area contributed by atoms with Gasteiger partial charge in [0, 0.05) is 5.69 Å². The Labute approximate surface area is 162 Å². The first kappa shape index (κ1) is 21.1. The van der Waals surface area contributed by atoms with E-state index in [4.69, 9.17) is 0 Å². The number of benzene rings is 2. The maximum Gasteiger partial charge on any atom is 0.573 e. The Morgan fingerprint density at radius 1 is 0.933 bits per heavy atom. The van der Waals surface area contributed by atoms with Crippen molar-refractivity contribution < 1.29 is 40.3 Å². The van der Waals surface area contributed by atoms with Crippen molar-refractivity contribution in [3.05, 3.63) is 65.7 Å². The molecule has 1 heterocycles. The monoisotopic (exact) mass is 434 g/mol. The van der Waals surface area contributed by atoms with Crippen molar-refractivity contribution in [2.45, 2.75) is 12.5 Å². The largest absolute Gasteiger partial charge is 0.573 e. The van der Waals surface area contributed by atoms with Gasteiger partial charge >= 0.3 is 12.5 Å². The summed E-state index contributed by atoms with van der Waals surface area (Å²) in [5.74, 6) is -2.58. The quantitative estimate of drug-likeness (QED) is 0.611. The molecule has 0 saturated carbocycles. The SMILES string of the molecule is O=C(Nc1ccc(OC(F)(F)F)cc1)c1nnn(-c2ccc(F)cc2)c1C(F)(F)F. The number of aromatic nitrogens is 3. The molecule has 2 aromatic carbocycles. The first-order chi connectivity index (χ1) is 13.9. The normalized spacial score (nSPS) is 12.0. The molecule has 0 aliphatic heterocycles. The Morgan fingerprint density at radius 2 is 1.53 bits per heavy atom. The number of nitrogens with zero attached hydrogens (tertiary/aromatic N) is 3. The standard InChI is InChI=1S/C17H9F7N4O2/c18-9-1-5-11(6-2-9)28-14(16(19,20)21)13(26-27-28)15(29)25-10-3-7-12(8-4-10)30-17(22,23)24/h1-8H,(H,25,29). The van der Waals surface area contributed by atoms with Gasteiger partial charge in [-0.15, -0.1) is 18.3 Å². The van der Waals surface area contributed by atoms with Crippen LogP contribution in [0.4, 0.5) is 36.4 Å². The molecule has 0 fully saturated rings. The molecular weight excluding hydrogens is 425 g/mol. The number of alkyl halides is 6. The van der Waals surface area contributed by atoms with Gasteiger partial charge in [0.15, 0.2) is 11.4 Å². The maximum absolute atomic E-state index is 13.5. The van der Waals surface area contributed by atoms with Crippen LogP contribution in [0.25, 0.3) is 5.69 Å². The first-order valence-electron chi connectivity index (χ1n) is 7.90. The van der Waals surface area contributed by atoms with E-state index in [2.05, 4.69) is 20.4 Å². The van der Waals surface area contributed by atoms with Crippen molar-refractivity contribution >= 4 is 11.6 Å². The van der Waals surface area contributed by atoms with Crippen LogP contribution in [0.15, 0.2) is 48.5 Å². The smallest absolute Gasteiger partial charge is 0.406 e. The van der Waals surface area contributed by atoms with Crippen LogP contribution in [0.5, 0.6) is 5.75 Å². The van der Waals surface area contributed by atoms with E-state index in [1.807, 2.05) is 0 Å². The molecule has 30 heavy (non-hydrogen) atoms. The summed E-state index contributed by atoms with van der Waals surface area (Å²) in [6, 6.07) is 7.56. The third-order valence-electron chi connectivity index (χ3n) is 3.57. The van der Waals surface area contributed by atoms with Gasteiger partial charge < -0.3 is 10.1 Å². The molecule has 3 aromatic rings.